The van der Waals surface area contributed by atoms with Gasteiger partial charge >= 0.3 is 17.9 Å². The monoisotopic (exact) mass is 733 g/mol. The van der Waals surface area contributed by atoms with E-state index in [1.54, 1.807) is 0 Å². The maximum atomic E-state index is 12.7. The SMILES string of the molecule is CC/C=C\C/C=C\C/C=C\C/C=C\CCCCCCCCCCC(=O)OC(COCCC(C(=O)O)[N+](C)(C)C)COC(=O)CCCCCCCCC. The molecule has 2 atom stereocenters. The number of carboxylic acids is 1. The van der Waals surface area contributed by atoms with E-state index < -0.39 is 18.1 Å². The number of hydrogen-bond acceptors (Lipinski definition) is 6. The van der Waals surface area contributed by atoms with Gasteiger partial charge in [0.25, 0.3) is 0 Å². The highest BCUT2D eigenvalue weighted by atomic mass is 16.6. The van der Waals surface area contributed by atoms with Crippen LogP contribution in [0, 0.1) is 0 Å². The number of rotatable bonds is 36. The molecule has 0 aliphatic carbocycles. The van der Waals surface area contributed by atoms with E-state index in [-0.39, 0.29) is 36.2 Å². The summed E-state index contributed by atoms with van der Waals surface area (Å²) in [6.45, 7) is 4.56. The minimum absolute atomic E-state index is 0.0545. The lowest BCUT2D eigenvalue weighted by molar-refractivity contribution is -0.887. The molecule has 0 amide bonds. The zero-order valence-electron chi connectivity index (χ0n) is 34.0. The molecule has 52 heavy (non-hydrogen) atoms. The van der Waals surface area contributed by atoms with Crippen LogP contribution in [0.1, 0.15) is 162 Å². The average Bonchev–Trinajstić information content (AvgIpc) is 3.09. The summed E-state index contributed by atoms with van der Waals surface area (Å²) in [5, 5.41) is 9.58. The molecular formula is C44H78NO7+. The normalized spacial score (nSPS) is 13.5. The molecule has 1 N–H and O–H groups in total. The van der Waals surface area contributed by atoms with E-state index in [2.05, 4.69) is 62.5 Å². The second-order valence-corrected chi connectivity index (χ2v) is 14.9. The Bertz CT molecular complexity index is 995. The standard InChI is InChI=1S/C44H77NO7/c1-6-8-10-12-14-15-16-17-18-19-20-21-22-23-24-25-26-27-29-31-33-35-43(47)52-40(38-50-37-36-41(44(48)49)45(3,4)5)39-51-42(46)34-32-30-28-13-11-9-7-2/h8,10,14-15,17-18,20-21,40-41H,6-7,9,11-13,16,19,22-39H2,1-5H3/p+1/b10-8-,15-14-,18-17-,21-20-. The molecule has 0 saturated heterocycles. The second kappa shape index (κ2) is 35.3. The summed E-state index contributed by atoms with van der Waals surface area (Å²) in [5.74, 6) is -1.49. The Hall–Kier alpha value is -2.71. The maximum Gasteiger partial charge on any atom is 0.362 e. The number of carbonyl (C=O) groups excluding carboxylic acids is 2. The Labute approximate surface area is 318 Å². The number of nitrogens with zero attached hydrogens (tertiary/aromatic N) is 1. The topological polar surface area (TPSA) is 99.1 Å². The first-order valence-corrected chi connectivity index (χ1v) is 20.7. The Morgan fingerprint density at radius 3 is 1.60 bits per heavy atom. The number of aliphatic carboxylic acids is 1. The van der Waals surface area contributed by atoms with E-state index in [0.29, 0.717) is 19.3 Å². The second-order valence-electron chi connectivity index (χ2n) is 14.9. The number of unbranched alkanes of at least 4 members (excludes halogenated alkanes) is 14. The minimum atomic E-state index is -0.879. The fourth-order valence-electron chi connectivity index (χ4n) is 5.79. The van der Waals surface area contributed by atoms with E-state index in [1.165, 1.54) is 57.8 Å². The van der Waals surface area contributed by atoms with Crippen molar-refractivity contribution >= 4 is 17.9 Å². The van der Waals surface area contributed by atoms with Crippen LogP contribution in [0.2, 0.25) is 0 Å². The van der Waals surface area contributed by atoms with Crippen LogP contribution < -0.4 is 0 Å². The summed E-state index contributed by atoms with van der Waals surface area (Å²) in [4.78, 5) is 36.7. The van der Waals surface area contributed by atoms with Crippen LogP contribution in [0.4, 0.5) is 0 Å². The molecule has 0 aliphatic heterocycles. The number of hydrogen-bond donors (Lipinski definition) is 1. The summed E-state index contributed by atoms with van der Waals surface area (Å²) in [5.41, 5.74) is 0. The summed E-state index contributed by atoms with van der Waals surface area (Å²) in [6.07, 6.45) is 40.2. The predicted octanol–water partition coefficient (Wildman–Crippen LogP) is 10.9. The molecular weight excluding hydrogens is 654 g/mol. The van der Waals surface area contributed by atoms with Gasteiger partial charge in [0, 0.05) is 19.3 Å². The fraction of sp³-hybridized carbons (Fsp3) is 0.750. The van der Waals surface area contributed by atoms with Crippen molar-refractivity contribution in [3.63, 3.8) is 0 Å². The van der Waals surface area contributed by atoms with Crippen LogP contribution in [0.5, 0.6) is 0 Å². The van der Waals surface area contributed by atoms with Crippen molar-refractivity contribution in [1.82, 2.24) is 0 Å². The zero-order valence-corrected chi connectivity index (χ0v) is 34.0. The number of allylic oxidation sites excluding steroid dienone is 8. The molecule has 0 saturated carbocycles. The van der Waals surface area contributed by atoms with E-state index in [0.717, 1.165) is 70.6 Å². The van der Waals surface area contributed by atoms with Gasteiger partial charge in [-0.05, 0) is 51.4 Å². The Morgan fingerprint density at radius 1 is 0.596 bits per heavy atom. The number of carbonyl (C=O) groups is 3. The molecule has 8 heteroatoms. The molecule has 0 heterocycles. The number of quaternary nitrogens is 1. The summed E-state index contributed by atoms with van der Waals surface area (Å²) in [6, 6.07) is -0.614. The van der Waals surface area contributed by atoms with Crippen molar-refractivity contribution in [2.45, 2.75) is 174 Å². The smallest absolute Gasteiger partial charge is 0.362 e. The van der Waals surface area contributed by atoms with Gasteiger partial charge in [-0.25, -0.2) is 4.79 Å². The first kappa shape index (κ1) is 49.3. The van der Waals surface area contributed by atoms with Gasteiger partial charge in [0.05, 0.1) is 34.4 Å². The molecule has 2 unspecified atom stereocenters. The highest BCUT2D eigenvalue weighted by Crippen LogP contribution is 2.14. The van der Waals surface area contributed by atoms with Gasteiger partial charge < -0.3 is 23.8 Å². The number of likely N-dealkylation sites (N-methyl/N-ethyl adjacent to an activating group) is 1. The van der Waals surface area contributed by atoms with Crippen molar-refractivity contribution in [1.29, 1.82) is 0 Å². The summed E-state index contributed by atoms with van der Waals surface area (Å²) < 4.78 is 17.2. The quantitative estimate of drug-likeness (QED) is 0.0296. The number of esters is 2. The lowest BCUT2D eigenvalue weighted by atomic mass is 10.1. The molecule has 0 spiro atoms. The van der Waals surface area contributed by atoms with E-state index in [1.807, 2.05) is 21.1 Å². The molecule has 0 fully saturated rings. The molecule has 0 aromatic carbocycles. The molecule has 0 radical (unpaired) electrons. The summed E-state index contributed by atoms with van der Waals surface area (Å²) >= 11 is 0. The highest BCUT2D eigenvalue weighted by molar-refractivity contribution is 5.72. The van der Waals surface area contributed by atoms with Gasteiger partial charge in [-0.2, -0.15) is 0 Å². The van der Waals surface area contributed by atoms with Gasteiger partial charge in [0.1, 0.15) is 6.61 Å². The third-order valence-electron chi connectivity index (χ3n) is 8.99. The van der Waals surface area contributed by atoms with E-state index >= 15 is 0 Å². The average molecular weight is 733 g/mol. The minimum Gasteiger partial charge on any atom is -0.477 e. The Balaban J connectivity index is 4.26. The first-order chi connectivity index (χ1) is 25.1. The van der Waals surface area contributed by atoms with Crippen LogP contribution in [0.15, 0.2) is 48.6 Å². The third-order valence-corrected chi connectivity index (χ3v) is 8.99. The zero-order chi connectivity index (χ0) is 38.5. The van der Waals surface area contributed by atoms with Crippen LogP contribution in [0.3, 0.4) is 0 Å². The maximum absolute atomic E-state index is 12.7. The Morgan fingerprint density at radius 2 is 1.08 bits per heavy atom. The van der Waals surface area contributed by atoms with Crippen molar-refractivity contribution in [3.05, 3.63) is 48.6 Å². The van der Waals surface area contributed by atoms with Gasteiger partial charge in [0.15, 0.2) is 12.1 Å². The lowest BCUT2D eigenvalue weighted by Crippen LogP contribution is -2.50. The van der Waals surface area contributed by atoms with Crippen molar-refractivity contribution in [2.24, 2.45) is 0 Å². The van der Waals surface area contributed by atoms with Crippen LogP contribution >= 0.6 is 0 Å². The van der Waals surface area contributed by atoms with Gasteiger partial charge in [-0.3, -0.25) is 9.59 Å². The molecule has 0 bridgehead atoms. The fourth-order valence-corrected chi connectivity index (χ4v) is 5.79. The van der Waals surface area contributed by atoms with Crippen molar-refractivity contribution < 1.29 is 38.2 Å². The van der Waals surface area contributed by atoms with Gasteiger partial charge in [-0.1, -0.05) is 140 Å². The molecule has 8 nitrogen and oxygen atoms in total. The van der Waals surface area contributed by atoms with Crippen molar-refractivity contribution in [2.75, 3.05) is 41.0 Å². The number of ether oxygens (including phenoxy) is 3. The largest absolute Gasteiger partial charge is 0.477 e. The summed E-state index contributed by atoms with van der Waals surface area (Å²) in [7, 11) is 5.51. The Kier molecular flexibility index (Phi) is 33.5. The van der Waals surface area contributed by atoms with Crippen LogP contribution in [-0.4, -0.2) is 80.6 Å². The molecule has 300 valence electrons. The van der Waals surface area contributed by atoms with Crippen LogP contribution in [0.25, 0.3) is 0 Å². The van der Waals surface area contributed by atoms with Gasteiger partial charge in [0.2, 0.25) is 0 Å². The lowest BCUT2D eigenvalue weighted by Gasteiger charge is -2.31. The molecule has 0 aromatic rings. The van der Waals surface area contributed by atoms with E-state index in [4.69, 9.17) is 14.2 Å². The van der Waals surface area contributed by atoms with E-state index in [9.17, 15) is 19.5 Å². The van der Waals surface area contributed by atoms with Crippen LogP contribution in [-0.2, 0) is 28.6 Å². The number of carboxylic acid groups (broad SMARTS) is 1. The highest BCUT2D eigenvalue weighted by Gasteiger charge is 2.31. The predicted molar refractivity (Wildman–Crippen MR) is 215 cm³/mol. The third kappa shape index (κ3) is 33.1. The van der Waals surface area contributed by atoms with Crippen molar-refractivity contribution in [3.8, 4) is 0 Å². The first-order valence-electron chi connectivity index (χ1n) is 20.7. The molecule has 0 aromatic heterocycles. The van der Waals surface area contributed by atoms with Gasteiger partial charge in [-0.15, -0.1) is 0 Å². The molecule has 0 rings (SSSR count). The molecule has 0 aliphatic rings.